The zero-order chi connectivity index (χ0) is 31.2. The van der Waals surface area contributed by atoms with E-state index in [2.05, 4.69) is 128 Å². The standard InChI is InChI=1S/C21H20N2OS3.C7H4.C6H4.C2H4/c1-2-3-12-27(24)21-19(22)18-15(14-8-5-4-6-9-14)13-16(23-20(18)26-21)17-10-7-11-25-17;1-3-5-7-6-4-2;1-3-5-6-4-2;1-2/h4-11,13H,2-3,12,22H2,1H3;1-2H2;1-2H2;1-2H2/t27-;;;/m1.../s1. The van der Waals surface area contributed by atoms with Gasteiger partial charge in [0.25, 0.3) is 0 Å². The topological polar surface area (TPSA) is 56.0 Å². The van der Waals surface area contributed by atoms with Crippen LogP contribution in [0.3, 0.4) is 0 Å². The second-order valence-corrected chi connectivity index (χ2v) is 11.3. The number of benzene rings is 1. The third-order valence-corrected chi connectivity index (χ3v) is 8.84. The Morgan fingerprint density at radius 2 is 1.48 bits per heavy atom. The molecule has 3 nitrogen and oxygen atoms in total. The van der Waals surface area contributed by atoms with Gasteiger partial charge >= 0.3 is 0 Å². The van der Waals surface area contributed by atoms with E-state index in [1.165, 1.54) is 11.3 Å². The maximum Gasteiger partial charge on any atom is 0.127 e. The van der Waals surface area contributed by atoms with Gasteiger partial charge in [0, 0.05) is 11.1 Å². The highest BCUT2D eigenvalue weighted by molar-refractivity contribution is 7.87. The van der Waals surface area contributed by atoms with E-state index in [9.17, 15) is 4.21 Å². The Hall–Kier alpha value is -4.78. The van der Waals surface area contributed by atoms with Crippen LogP contribution in [0.25, 0.3) is 31.9 Å². The van der Waals surface area contributed by atoms with Crippen molar-refractivity contribution < 1.29 is 4.21 Å². The minimum Gasteiger partial charge on any atom is -0.396 e. The van der Waals surface area contributed by atoms with Crippen LogP contribution in [-0.4, -0.2) is 14.9 Å². The molecule has 0 spiro atoms. The van der Waals surface area contributed by atoms with E-state index in [1.54, 1.807) is 11.3 Å². The largest absolute Gasteiger partial charge is 0.396 e. The molecule has 1 atom stereocenters. The summed E-state index contributed by atoms with van der Waals surface area (Å²) in [6, 6.07) is 16.4. The van der Waals surface area contributed by atoms with E-state index in [-0.39, 0.29) is 0 Å². The first-order valence-corrected chi connectivity index (χ1v) is 15.6. The molecule has 0 saturated heterocycles. The zero-order valence-corrected chi connectivity index (χ0v) is 26.2. The highest BCUT2D eigenvalue weighted by atomic mass is 32.2. The van der Waals surface area contributed by atoms with Crippen LogP contribution in [0, 0.1) is 0 Å². The Morgan fingerprint density at radius 1 is 0.881 bits per heavy atom. The molecule has 0 unspecified atom stereocenters. The van der Waals surface area contributed by atoms with Gasteiger partial charge in [0.1, 0.15) is 9.04 Å². The molecular formula is C36H32N2OS3. The molecule has 3 heterocycles. The third kappa shape index (κ3) is 11.0. The first-order valence-electron chi connectivity index (χ1n) is 12.6. The number of unbranched alkanes of at least 4 members (excludes halogenated alkanes) is 1. The van der Waals surface area contributed by atoms with Gasteiger partial charge in [0.05, 0.1) is 27.1 Å². The molecule has 4 rings (SSSR count). The monoisotopic (exact) mass is 604 g/mol. The Kier molecular flexibility index (Phi) is 17.6. The molecule has 0 radical (unpaired) electrons. The van der Waals surface area contributed by atoms with Gasteiger partial charge in [-0.25, -0.2) is 4.98 Å². The highest BCUT2D eigenvalue weighted by Crippen LogP contribution is 2.43. The summed E-state index contributed by atoms with van der Waals surface area (Å²) in [6.45, 7) is 21.1. The van der Waals surface area contributed by atoms with Gasteiger partial charge in [0.2, 0.25) is 0 Å². The maximum atomic E-state index is 12.8. The average Bonchev–Trinajstić information content (AvgIpc) is 3.69. The van der Waals surface area contributed by atoms with Crippen LogP contribution in [0.5, 0.6) is 0 Å². The first-order chi connectivity index (χ1) is 20.5. The molecule has 2 N–H and O–H groups in total. The van der Waals surface area contributed by atoms with Crippen LogP contribution in [0.2, 0.25) is 0 Å². The molecule has 210 valence electrons. The van der Waals surface area contributed by atoms with Crippen molar-refractivity contribution in [2.24, 2.45) is 0 Å². The molecule has 6 heteroatoms. The van der Waals surface area contributed by atoms with Gasteiger partial charge in [-0.05, 0) is 90.0 Å². The summed E-state index contributed by atoms with van der Waals surface area (Å²) in [4.78, 5) is 6.84. The molecule has 0 fully saturated rings. The highest BCUT2D eigenvalue weighted by Gasteiger charge is 2.20. The molecule has 0 aliphatic carbocycles. The van der Waals surface area contributed by atoms with Crippen molar-refractivity contribution in [3.63, 3.8) is 0 Å². The van der Waals surface area contributed by atoms with Gasteiger partial charge < -0.3 is 5.73 Å². The normalized spacial score (nSPS) is 9.17. The van der Waals surface area contributed by atoms with Crippen molar-refractivity contribution in [1.29, 1.82) is 0 Å². The molecule has 0 bridgehead atoms. The lowest BCUT2D eigenvalue weighted by Crippen LogP contribution is -1.99. The lowest BCUT2D eigenvalue weighted by Gasteiger charge is -2.08. The van der Waals surface area contributed by atoms with E-state index in [0.717, 1.165) is 49.0 Å². The van der Waals surface area contributed by atoms with Crippen LogP contribution >= 0.6 is 22.7 Å². The number of pyridine rings is 1. The van der Waals surface area contributed by atoms with Crippen LogP contribution < -0.4 is 5.73 Å². The fourth-order valence-electron chi connectivity index (χ4n) is 3.24. The Labute approximate surface area is 259 Å². The molecule has 0 amide bonds. The van der Waals surface area contributed by atoms with Gasteiger partial charge in [-0.15, -0.1) is 35.8 Å². The average molecular weight is 605 g/mol. The Balaban J connectivity index is 0.000000490. The number of aromatic nitrogens is 1. The summed E-state index contributed by atoms with van der Waals surface area (Å²) in [6.07, 6.45) is 1.95. The smallest absolute Gasteiger partial charge is 0.127 e. The quantitative estimate of drug-likeness (QED) is 0.176. The minimum absolute atomic E-state index is 0.619. The number of nitrogens with two attached hydrogens (primary N) is 1. The Morgan fingerprint density at radius 3 is 2.00 bits per heavy atom. The predicted octanol–water partition coefficient (Wildman–Crippen LogP) is 9.98. The van der Waals surface area contributed by atoms with Crippen molar-refractivity contribution >= 4 is 49.4 Å². The van der Waals surface area contributed by atoms with E-state index >= 15 is 0 Å². The fourth-order valence-corrected chi connectivity index (χ4v) is 6.72. The van der Waals surface area contributed by atoms with Crippen LogP contribution in [0.15, 0.2) is 149 Å². The van der Waals surface area contributed by atoms with Crippen molar-refractivity contribution in [2.45, 2.75) is 24.0 Å². The van der Waals surface area contributed by atoms with Crippen molar-refractivity contribution in [3.05, 3.63) is 145 Å². The molecule has 3 aromatic heterocycles. The number of nitrogens with zero attached hydrogens (tertiary/aromatic N) is 1. The SMILES string of the molecule is C=C.C=C=C=C=C=C.C=C=C=C=C=C=C.CCCC[S@@](=O)c1sc2nc(-c3cccs3)cc(-c3ccccc3)c2c1N. The van der Waals surface area contributed by atoms with Crippen molar-refractivity contribution in [3.8, 4) is 21.7 Å². The van der Waals surface area contributed by atoms with Gasteiger partial charge in [-0.2, -0.15) is 0 Å². The third-order valence-electron chi connectivity index (χ3n) is 4.95. The zero-order valence-electron chi connectivity index (χ0n) is 23.7. The molecule has 0 saturated carbocycles. The molecular weight excluding hydrogens is 573 g/mol. The number of fused-ring (bicyclic) bond motifs is 1. The lowest BCUT2D eigenvalue weighted by atomic mass is 10.0. The summed E-state index contributed by atoms with van der Waals surface area (Å²) in [5.41, 5.74) is 31.7. The van der Waals surface area contributed by atoms with Crippen molar-refractivity contribution in [1.82, 2.24) is 4.98 Å². The van der Waals surface area contributed by atoms with Gasteiger partial charge in [-0.1, -0.05) is 72.7 Å². The molecule has 4 aromatic rings. The van der Waals surface area contributed by atoms with Crippen LogP contribution in [0.4, 0.5) is 5.69 Å². The minimum atomic E-state index is -1.08. The number of nitrogen functional groups attached to an aromatic ring is 1. The van der Waals surface area contributed by atoms with E-state index < -0.39 is 10.8 Å². The van der Waals surface area contributed by atoms with E-state index in [1.807, 2.05) is 24.3 Å². The Bertz CT molecular complexity index is 1770. The second kappa shape index (κ2) is 21.0. The molecule has 0 aliphatic rings. The number of rotatable bonds is 6. The van der Waals surface area contributed by atoms with Crippen molar-refractivity contribution in [2.75, 3.05) is 11.5 Å². The second-order valence-electron chi connectivity index (χ2n) is 7.62. The van der Waals surface area contributed by atoms with E-state index in [4.69, 9.17) is 10.7 Å². The first kappa shape index (κ1) is 35.2. The summed E-state index contributed by atoms with van der Waals surface area (Å²) < 4.78 is 13.5. The molecule has 1 aromatic carbocycles. The number of thiophene rings is 2. The molecule has 42 heavy (non-hydrogen) atoms. The summed E-state index contributed by atoms with van der Waals surface area (Å²) >= 11 is 3.14. The molecule has 0 aliphatic heterocycles. The number of anilines is 1. The van der Waals surface area contributed by atoms with Gasteiger partial charge in [-0.3, -0.25) is 4.21 Å². The summed E-state index contributed by atoms with van der Waals surface area (Å²) in [5.74, 6) is 0.645. The van der Waals surface area contributed by atoms with Crippen LogP contribution in [0.1, 0.15) is 19.8 Å². The summed E-state index contributed by atoms with van der Waals surface area (Å²) in [5, 5.41) is 2.98. The maximum absolute atomic E-state index is 12.8. The van der Waals surface area contributed by atoms with Gasteiger partial charge in [0.15, 0.2) is 0 Å². The number of hydrogen-bond acceptors (Lipinski definition) is 5. The van der Waals surface area contributed by atoms with E-state index in [0.29, 0.717) is 11.4 Å². The lowest BCUT2D eigenvalue weighted by molar-refractivity contribution is 0.681. The summed E-state index contributed by atoms with van der Waals surface area (Å²) in [7, 11) is -1.08. The predicted molar refractivity (Wildman–Crippen MR) is 184 cm³/mol. The van der Waals surface area contributed by atoms with Crippen LogP contribution in [-0.2, 0) is 10.8 Å². The number of hydrogen-bond donors (Lipinski definition) is 1. The fraction of sp³-hybridized carbons (Fsp3) is 0.111.